The standard InChI is InChI=1S/C39H34N4O.Pt/c1-6-39(4,5)38-37(28-13-8-7-9-14-28)27(3)41-43(38)29-15-12-16-30(24-29)44-31-19-20-33-32-17-10-11-18-34(32)42(35(33)25-31)36-23-26(2)21-22-40-36;/h7-23H,6H2,1-5H3;/q-2;+2. The molecule has 0 radical (unpaired) electrons. The van der Waals surface area contributed by atoms with Gasteiger partial charge < -0.3 is 9.30 Å². The van der Waals surface area contributed by atoms with E-state index in [0.29, 0.717) is 11.5 Å². The molecule has 4 aromatic carbocycles. The van der Waals surface area contributed by atoms with Gasteiger partial charge >= 0.3 is 21.1 Å². The van der Waals surface area contributed by atoms with Crippen LogP contribution in [0.25, 0.3) is 44.4 Å². The molecule has 0 aliphatic carbocycles. The molecular formula is C39H34N4OPt. The van der Waals surface area contributed by atoms with Crippen molar-refractivity contribution >= 4 is 21.8 Å². The van der Waals surface area contributed by atoms with Crippen molar-refractivity contribution in [3.05, 3.63) is 132 Å². The van der Waals surface area contributed by atoms with Gasteiger partial charge in [-0.2, -0.15) is 17.2 Å². The second-order valence-electron chi connectivity index (χ2n) is 12.0. The van der Waals surface area contributed by atoms with E-state index in [1.54, 1.807) is 0 Å². The van der Waals surface area contributed by atoms with E-state index in [1.165, 1.54) is 16.8 Å². The van der Waals surface area contributed by atoms with E-state index in [2.05, 4.69) is 112 Å². The summed E-state index contributed by atoms with van der Waals surface area (Å²) >= 11 is 0. The fraction of sp³-hybridized carbons (Fsp3) is 0.179. The van der Waals surface area contributed by atoms with Gasteiger partial charge in [0.15, 0.2) is 0 Å². The third-order valence-corrected chi connectivity index (χ3v) is 8.54. The summed E-state index contributed by atoms with van der Waals surface area (Å²) in [5.74, 6) is 2.06. The SMILES string of the molecule is CCC(C)(C)c1c(-c2ccccc2)c(C)nn1-c1[c-]c(Oc2[c-]c3c(cc2)c2ccccc2n3-c2cc(C)ccn2)ccc1.[Pt+2]. The van der Waals surface area contributed by atoms with Crippen molar-refractivity contribution in [2.24, 2.45) is 0 Å². The molecular weight excluding hydrogens is 736 g/mol. The van der Waals surface area contributed by atoms with Crippen LogP contribution in [0.15, 0.2) is 103 Å². The number of nitrogens with zero attached hydrogens (tertiary/aromatic N) is 4. The van der Waals surface area contributed by atoms with E-state index in [0.717, 1.165) is 51.0 Å². The molecule has 5 nitrogen and oxygen atoms in total. The molecule has 3 heterocycles. The zero-order valence-corrected chi connectivity index (χ0v) is 28.3. The first-order valence-corrected chi connectivity index (χ1v) is 15.1. The van der Waals surface area contributed by atoms with Gasteiger partial charge in [0.25, 0.3) is 0 Å². The third-order valence-electron chi connectivity index (χ3n) is 8.54. The van der Waals surface area contributed by atoms with Crippen LogP contribution in [-0.2, 0) is 26.5 Å². The second-order valence-corrected chi connectivity index (χ2v) is 12.0. The summed E-state index contributed by atoms with van der Waals surface area (Å²) in [6, 6.07) is 40.1. The van der Waals surface area contributed by atoms with Gasteiger partial charge in [-0.15, -0.1) is 35.7 Å². The number of rotatable bonds is 7. The summed E-state index contributed by atoms with van der Waals surface area (Å²) in [5.41, 5.74) is 8.36. The van der Waals surface area contributed by atoms with Crippen LogP contribution in [0.2, 0.25) is 0 Å². The average molecular weight is 770 g/mol. The van der Waals surface area contributed by atoms with Gasteiger partial charge in [-0.3, -0.25) is 4.68 Å². The van der Waals surface area contributed by atoms with Crippen molar-refractivity contribution in [3.63, 3.8) is 0 Å². The number of fused-ring (bicyclic) bond motifs is 3. The molecule has 0 bridgehead atoms. The number of aryl methyl sites for hydroxylation is 2. The molecule has 0 fully saturated rings. The Morgan fingerprint density at radius 1 is 0.800 bits per heavy atom. The van der Waals surface area contributed by atoms with Gasteiger partial charge in [0, 0.05) is 34.2 Å². The minimum Gasteiger partial charge on any atom is -0.509 e. The van der Waals surface area contributed by atoms with Gasteiger partial charge in [-0.05, 0) is 60.7 Å². The van der Waals surface area contributed by atoms with Crippen molar-refractivity contribution in [1.29, 1.82) is 0 Å². The molecule has 0 saturated heterocycles. The minimum atomic E-state index is -0.118. The first-order chi connectivity index (χ1) is 21.3. The molecule has 45 heavy (non-hydrogen) atoms. The summed E-state index contributed by atoms with van der Waals surface area (Å²) in [4.78, 5) is 4.69. The van der Waals surface area contributed by atoms with Gasteiger partial charge in [0.05, 0.1) is 11.4 Å². The maximum atomic E-state index is 6.45. The summed E-state index contributed by atoms with van der Waals surface area (Å²) in [7, 11) is 0. The molecule has 0 aliphatic rings. The Balaban J connectivity index is 0.00000357. The summed E-state index contributed by atoms with van der Waals surface area (Å²) in [6.45, 7) is 10.9. The van der Waals surface area contributed by atoms with E-state index in [-0.39, 0.29) is 26.5 Å². The summed E-state index contributed by atoms with van der Waals surface area (Å²) in [6.07, 6.45) is 2.81. The minimum absolute atomic E-state index is 0. The monoisotopic (exact) mass is 769 g/mol. The predicted molar refractivity (Wildman–Crippen MR) is 178 cm³/mol. The van der Waals surface area contributed by atoms with E-state index in [9.17, 15) is 0 Å². The molecule has 0 atom stereocenters. The molecule has 0 amide bonds. The first-order valence-electron chi connectivity index (χ1n) is 15.1. The molecule has 0 N–H and O–H groups in total. The normalized spacial score (nSPS) is 11.6. The number of para-hydroxylation sites is 1. The van der Waals surface area contributed by atoms with Crippen LogP contribution in [0, 0.1) is 26.0 Å². The molecule has 0 spiro atoms. The summed E-state index contributed by atoms with van der Waals surface area (Å²) < 4.78 is 10.6. The Hall–Kier alpha value is -4.47. The van der Waals surface area contributed by atoms with Crippen LogP contribution >= 0.6 is 0 Å². The van der Waals surface area contributed by atoms with E-state index in [1.807, 2.05) is 47.3 Å². The number of ether oxygens (including phenoxy) is 1. The quantitative estimate of drug-likeness (QED) is 0.152. The maximum Gasteiger partial charge on any atom is 2.00 e. The largest absolute Gasteiger partial charge is 2.00 e. The molecule has 0 unspecified atom stereocenters. The van der Waals surface area contributed by atoms with E-state index < -0.39 is 0 Å². The zero-order valence-electron chi connectivity index (χ0n) is 26.0. The smallest absolute Gasteiger partial charge is 0.509 e. The Labute approximate surface area is 278 Å². The van der Waals surface area contributed by atoms with Crippen LogP contribution in [0.4, 0.5) is 0 Å². The number of hydrogen-bond acceptors (Lipinski definition) is 3. The fourth-order valence-electron chi connectivity index (χ4n) is 6.00. The van der Waals surface area contributed by atoms with Gasteiger partial charge in [-0.1, -0.05) is 74.8 Å². The van der Waals surface area contributed by atoms with Crippen molar-refractivity contribution in [2.45, 2.75) is 46.5 Å². The van der Waals surface area contributed by atoms with Crippen LogP contribution in [-0.4, -0.2) is 19.3 Å². The Kier molecular flexibility index (Phi) is 8.24. The molecule has 226 valence electrons. The first kappa shape index (κ1) is 30.6. The van der Waals surface area contributed by atoms with Gasteiger partial charge in [0.1, 0.15) is 5.82 Å². The van der Waals surface area contributed by atoms with Crippen LogP contribution in [0.1, 0.15) is 44.1 Å². The van der Waals surface area contributed by atoms with Crippen molar-refractivity contribution in [1.82, 2.24) is 19.3 Å². The topological polar surface area (TPSA) is 44.9 Å². The Morgan fingerprint density at radius 2 is 1.56 bits per heavy atom. The van der Waals surface area contributed by atoms with Crippen molar-refractivity contribution < 1.29 is 25.8 Å². The predicted octanol–water partition coefficient (Wildman–Crippen LogP) is 9.73. The van der Waals surface area contributed by atoms with Crippen molar-refractivity contribution in [3.8, 4) is 34.1 Å². The fourth-order valence-corrected chi connectivity index (χ4v) is 6.00. The van der Waals surface area contributed by atoms with E-state index in [4.69, 9.17) is 14.8 Å². The second kappa shape index (κ2) is 12.1. The maximum absolute atomic E-state index is 6.45. The number of hydrogen-bond donors (Lipinski definition) is 0. The van der Waals surface area contributed by atoms with Gasteiger partial charge in [-0.25, -0.2) is 4.98 Å². The number of aromatic nitrogens is 4. The Bertz CT molecular complexity index is 2140. The van der Waals surface area contributed by atoms with Crippen LogP contribution in [0.3, 0.4) is 0 Å². The van der Waals surface area contributed by atoms with Crippen LogP contribution in [0.5, 0.6) is 11.5 Å². The molecule has 0 aliphatic heterocycles. The molecule has 7 rings (SSSR count). The number of pyridine rings is 1. The zero-order chi connectivity index (χ0) is 30.4. The van der Waals surface area contributed by atoms with E-state index >= 15 is 0 Å². The average Bonchev–Trinajstić information content (AvgIpc) is 3.57. The molecule has 3 aromatic heterocycles. The summed E-state index contributed by atoms with van der Waals surface area (Å²) in [5, 5.41) is 7.30. The molecule has 7 aromatic rings. The number of benzene rings is 4. The van der Waals surface area contributed by atoms with Crippen LogP contribution < -0.4 is 4.74 Å². The van der Waals surface area contributed by atoms with Gasteiger partial charge in [0.2, 0.25) is 0 Å². The van der Waals surface area contributed by atoms with Crippen molar-refractivity contribution in [2.75, 3.05) is 0 Å². The molecule has 6 heteroatoms. The third kappa shape index (κ3) is 5.51. The Morgan fingerprint density at radius 3 is 2.33 bits per heavy atom. The molecule has 0 saturated carbocycles.